The van der Waals surface area contributed by atoms with Gasteiger partial charge in [-0.3, -0.25) is 4.79 Å². The Balaban J connectivity index is 2.29. The van der Waals surface area contributed by atoms with Crippen LogP contribution in [-0.2, 0) is 9.53 Å². The quantitative estimate of drug-likeness (QED) is 0.756. The zero-order chi connectivity index (χ0) is 16.7. The summed E-state index contributed by atoms with van der Waals surface area (Å²) < 4.78 is 19.7. The van der Waals surface area contributed by atoms with Crippen molar-refractivity contribution in [2.75, 3.05) is 13.1 Å². The third kappa shape index (κ3) is 3.00. The Kier molecular flexibility index (Phi) is 4.06. The second kappa shape index (κ2) is 5.41. The van der Waals surface area contributed by atoms with Crippen LogP contribution in [0, 0.1) is 5.41 Å². The lowest BCUT2D eigenvalue weighted by Gasteiger charge is -2.40. The molecule has 2 rings (SSSR count). The molecule has 0 fully saturated rings. The summed E-state index contributed by atoms with van der Waals surface area (Å²) in [4.78, 5) is 25.0. The first-order chi connectivity index (χ1) is 10.0. The van der Waals surface area contributed by atoms with Crippen LogP contribution in [0.1, 0.15) is 34.1 Å². The highest BCUT2D eigenvalue weighted by atomic mass is 19.1. The number of hydrogen-bond donors (Lipinski definition) is 1. The van der Waals surface area contributed by atoms with E-state index in [2.05, 4.69) is 0 Å². The Hall–Kier alpha value is -1.85. The third-order valence-corrected chi connectivity index (χ3v) is 4.01. The van der Waals surface area contributed by atoms with Gasteiger partial charge >= 0.3 is 12.1 Å². The van der Waals surface area contributed by atoms with Gasteiger partial charge in [0.25, 0.3) is 0 Å². The van der Waals surface area contributed by atoms with Crippen LogP contribution in [-0.4, -0.2) is 46.9 Å². The van der Waals surface area contributed by atoms with Crippen molar-refractivity contribution in [3.8, 4) is 0 Å². The van der Waals surface area contributed by atoms with Crippen molar-refractivity contribution in [2.24, 2.45) is 5.41 Å². The Bertz CT molecular complexity index is 561. The van der Waals surface area contributed by atoms with Crippen molar-refractivity contribution in [3.05, 3.63) is 23.3 Å². The predicted octanol–water partition coefficient (Wildman–Crippen LogP) is 2.92. The smallest absolute Gasteiger partial charge is 0.410 e. The molecule has 0 saturated heterocycles. The van der Waals surface area contributed by atoms with Crippen LogP contribution < -0.4 is 0 Å². The van der Waals surface area contributed by atoms with E-state index in [1.807, 2.05) is 0 Å². The molecule has 0 aromatic rings. The van der Waals surface area contributed by atoms with Crippen molar-refractivity contribution >= 4 is 12.1 Å². The fourth-order valence-electron chi connectivity index (χ4n) is 2.79. The summed E-state index contributed by atoms with van der Waals surface area (Å²) in [5.41, 5.74) is -1.03. The molecule has 6 heteroatoms. The molecule has 0 bridgehead atoms. The van der Waals surface area contributed by atoms with E-state index < -0.39 is 29.3 Å². The topological polar surface area (TPSA) is 66.8 Å². The molecule has 22 heavy (non-hydrogen) atoms. The first-order valence-electron chi connectivity index (χ1n) is 7.30. The maximum absolute atomic E-state index is 14.4. The monoisotopic (exact) mass is 311 g/mol. The molecule has 1 heterocycles. The molecule has 122 valence electrons. The number of halogens is 1. The molecule has 1 amide bonds. The van der Waals surface area contributed by atoms with E-state index in [9.17, 15) is 19.1 Å². The zero-order valence-electron chi connectivity index (χ0n) is 13.4. The van der Waals surface area contributed by atoms with Crippen molar-refractivity contribution in [3.63, 3.8) is 0 Å². The average molecular weight is 311 g/mol. The Morgan fingerprint density at radius 2 is 2.09 bits per heavy atom. The maximum atomic E-state index is 14.4. The molecular weight excluding hydrogens is 289 g/mol. The molecule has 1 aliphatic carbocycles. The summed E-state index contributed by atoms with van der Waals surface area (Å²) in [5.74, 6) is -1.05. The summed E-state index contributed by atoms with van der Waals surface area (Å²) >= 11 is 0. The first-order valence-corrected chi connectivity index (χ1v) is 7.30. The van der Waals surface area contributed by atoms with Crippen LogP contribution in [0.3, 0.4) is 0 Å². The lowest BCUT2D eigenvalue weighted by atomic mass is 9.73. The number of carboxylic acid groups (broad SMARTS) is 1. The second-order valence-corrected chi connectivity index (χ2v) is 6.95. The minimum Gasteiger partial charge on any atom is -0.480 e. The van der Waals surface area contributed by atoms with E-state index in [0.29, 0.717) is 17.6 Å². The van der Waals surface area contributed by atoms with Crippen LogP contribution in [0.2, 0.25) is 0 Å². The van der Waals surface area contributed by atoms with Gasteiger partial charge < -0.3 is 14.7 Å². The normalized spacial score (nSPS) is 28.4. The van der Waals surface area contributed by atoms with Gasteiger partial charge in [-0.15, -0.1) is 0 Å². The number of amides is 1. The fourth-order valence-corrected chi connectivity index (χ4v) is 2.79. The molecule has 0 aromatic heterocycles. The standard InChI is InChI=1S/C16H22FNO4/c1-15(2,3)22-14(21)18-8-11-10(12(17)9-18)6-5-7-16(11,4)13(19)20/h5,7,12H,6,8-9H2,1-4H3,(H,19,20). The van der Waals surface area contributed by atoms with Gasteiger partial charge in [-0.05, 0) is 45.3 Å². The van der Waals surface area contributed by atoms with Crippen LogP contribution in [0.25, 0.3) is 0 Å². The Morgan fingerprint density at radius 3 is 2.64 bits per heavy atom. The van der Waals surface area contributed by atoms with E-state index in [0.717, 1.165) is 0 Å². The lowest BCUT2D eigenvalue weighted by Crippen LogP contribution is -2.49. The Morgan fingerprint density at radius 1 is 1.45 bits per heavy atom. The highest BCUT2D eigenvalue weighted by Gasteiger charge is 2.44. The lowest BCUT2D eigenvalue weighted by molar-refractivity contribution is -0.143. The second-order valence-electron chi connectivity index (χ2n) is 6.95. The number of carboxylic acids is 1. The van der Waals surface area contributed by atoms with Crippen LogP contribution in [0.15, 0.2) is 23.3 Å². The minimum atomic E-state index is -1.36. The fraction of sp³-hybridized carbons (Fsp3) is 0.625. The van der Waals surface area contributed by atoms with E-state index in [-0.39, 0.29) is 13.1 Å². The van der Waals surface area contributed by atoms with Crippen molar-refractivity contribution in [2.45, 2.75) is 45.9 Å². The van der Waals surface area contributed by atoms with Gasteiger partial charge in [0.05, 0.1) is 6.54 Å². The highest BCUT2D eigenvalue weighted by molar-refractivity contribution is 5.82. The zero-order valence-corrected chi connectivity index (χ0v) is 13.4. The van der Waals surface area contributed by atoms with E-state index >= 15 is 0 Å². The van der Waals surface area contributed by atoms with E-state index in [4.69, 9.17) is 4.74 Å². The number of hydrogen-bond acceptors (Lipinski definition) is 3. The number of rotatable bonds is 1. The number of nitrogens with zero attached hydrogens (tertiary/aromatic N) is 1. The molecule has 1 aliphatic heterocycles. The van der Waals surface area contributed by atoms with E-state index in [1.54, 1.807) is 32.9 Å². The molecule has 0 spiro atoms. The summed E-state index contributed by atoms with van der Waals surface area (Å²) in [5, 5.41) is 9.49. The molecule has 2 aliphatic rings. The molecule has 1 N–H and O–H groups in total. The average Bonchev–Trinajstić information content (AvgIpc) is 2.37. The molecule has 0 saturated carbocycles. The number of carbonyl (C=O) groups excluding carboxylic acids is 1. The first kappa shape index (κ1) is 16.5. The minimum absolute atomic E-state index is 0.0812. The number of alkyl halides is 1. The van der Waals surface area contributed by atoms with E-state index in [1.165, 1.54) is 11.8 Å². The largest absolute Gasteiger partial charge is 0.480 e. The molecule has 2 atom stereocenters. The third-order valence-electron chi connectivity index (χ3n) is 4.01. The van der Waals surface area contributed by atoms with Gasteiger partial charge in [-0.2, -0.15) is 0 Å². The SMILES string of the molecule is CC(C)(C)OC(=O)N1CC2=C(CC=CC2(C)C(=O)O)C(F)C1. The van der Waals surface area contributed by atoms with Crippen LogP contribution in [0.5, 0.6) is 0 Å². The molecular formula is C16H22FNO4. The summed E-state index contributed by atoms with van der Waals surface area (Å²) in [6.07, 6.45) is 1.66. The number of allylic oxidation sites excluding steroid dienone is 1. The van der Waals surface area contributed by atoms with Crippen LogP contribution >= 0.6 is 0 Å². The van der Waals surface area contributed by atoms with Gasteiger partial charge in [-0.25, -0.2) is 9.18 Å². The molecule has 5 nitrogen and oxygen atoms in total. The van der Waals surface area contributed by atoms with Gasteiger partial charge in [-0.1, -0.05) is 12.2 Å². The molecule has 0 aromatic carbocycles. The molecule has 2 unspecified atom stereocenters. The number of aliphatic carboxylic acids is 1. The number of carbonyl (C=O) groups is 2. The summed E-state index contributed by atoms with van der Waals surface area (Å²) in [6.45, 7) is 6.71. The predicted molar refractivity (Wildman–Crippen MR) is 79.2 cm³/mol. The molecule has 0 radical (unpaired) electrons. The summed E-state index contributed by atoms with van der Waals surface area (Å²) in [6, 6.07) is 0. The summed E-state index contributed by atoms with van der Waals surface area (Å²) in [7, 11) is 0. The number of ether oxygens (including phenoxy) is 1. The van der Waals surface area contributed by atoms with Crippen molar-refractivity contribution < 1.29 is 23.8 Å². The van der Waals surface area contributed by atoms with Gasteiger partial charge in [0.2, 0.25) is 0 Å². The highest BCUT2D eigenvalue weighted by Crippen LogP contribution is 2.41. The maximum Gasteiger partial charge on any atom is 0.410 e. The van der Waals surface area contributed by atoms with Gasteiger partial charge in [0, 0.05) is 6.54 Å². The van der Waals surface area contributed by atoms with Crippen LogP contribution in [0.4, 0.5) is 9.18 Å². The Labute approximate surface area is 129 Å². The van der Waals surface area contributed by atoms with Crippen molar-refractivity contribution in [1.29, 1.82) is 0 Å². The van der Waals surface area contributed by atoms with Crippen molar-refractivity contribution in [1.82, 2.24) is 4.90 Å². The van der Waals surface area contributed by atoms with Gasteiger partial charge in [0.1, 0.15) is 17.2 Å². The van der Waals surface area contributed by atoms with Gasteiger partial charge in [0.15, 0.2) is 0 Å².